The number of aryl methyl sites for hydroxylation is 1. The average Bonchev–Trinajstić information content (AvgIpc) is 3.21. The van der Waals surface area contributed by atoms with Gasteiger partial charge in [-0.15, -0.1) is 0 Å². The van der Waals surface area contributed by atoms with Crippen LogP contribution in [0.5, 0.6) is 0 Å². The molecule has 1 fully saturated rings. The molecule has 1 atom stereocenters. The standard InChI is InChI=1S/C17H26N4O3/c1-5-16(22)20(6-2)11-17(23)21-8-7-14(9-21)19(4)10-15-13(3)24-12-18-15/h5,12,14H,1,6-11H2,2-4H3. The third-order valence-electron chi connectivity index (χ3n) is 4.58. The molecule has 1 aromatic rings. The zero-order chi connectivity index (χ0) is 17.7. The Kier molecular flexibility index (Phi) is 6.14. The summed E-state index contributed by atoms with van der Waals surface area (Å²) in [5.74, 6) is 0.607. The lowest BCUT2D eigenvalue weighted by Gasteiger charge is -2.25. The van der Waals surface area contributed by atoms with Crippen molar-refractivity contribution in [2.24, 2.45) is 0 Å². The molecule has 1 saturated heterocycles. The fourth-order valence-corrected chi connectivity index (χ4v) is 2.91. The molecule has 0 N–H and O–H groups in total. The van der Waals surface area contributed by atoms with Crippen LogP contribution >= 0.6 is 0 Å². The molecule has 1 aliphatic rings. The van der Waals surface area contributed by atoms with Crippen LogP contribution in [0, 0.1) is 6.92 Å². The first-order chi connectivity index (χ1) is 11.5. The highest BCUT2D eigenvalue weighted by Gasteiger charge is 2.30. The predicted octanol–water partition coefficient (Wildman–Crippen LogP) is 1.05. The van der Waals surface area contributed by atoms with Crippen LogP contribution in [-0.4, -0.2) is 70.8 Å². The van der Waals surface area contributed by atoms with Gasteiger partial charge in [0.2, 0.25) is 11.8 Å². The minimum absolute atomic E-state index is 0.0134. The van der Waals surface area contributed by atoms with Crippen LogP contribution in [-0.2, 0) is 16.1 Å². The maximum Gasteiger partial charge on any atom is 0.246 e. The second-order valence-corrected chi connectivity index (χ2v) is 6.11. The van der Waals surface area contributed by atoms with E-state index >= 15 is 0 Å². The molecule has 1 aliphatic heterocycles. The topological polar surface area (TPSA) is 69.9 Å². The van der Waals surface area contributed by atoms with E-state index in [1.54, 1.807) is 0 Å². The minimum Gasteiger partial charge on any atom is -0.448 e. The molecule has 0 bridgehead atoms. The molecule has 1 aromatic heterocycles. The molecule has 0 radical (unpaired) electrons. The summed E-state index contributed by atoms with van der Waals surface area (Å²) in [5, 5.41) is 0. The number of aromatic nitrogens is 1. The maximum absolute atomic E-state index is 12.4. The first-order valence-corrected chi connectivity index (χ1v) is 8.24. The molecule has 7 heteroatoms. The van der Waals surface area contributed by atoms with Crippen LogP contribution in [0.3, 0.4) is 0 Å². The van der Waals surface area contributed by atoms with Crippen molar-refractivity contribution in [2.45, 2.75) is 32.9 Å². The molecule has 132 valence electrons. The third kappa shape index (κ3) is 4.23. The van der Waals surface area contributed by atoms with Crippen LogP contribution in [0.1, 0.15) is 24.8 Å². The number of likely N-dealkylation sites (N-methyl/N-ethyl adjacent to an activating group) is 2. The van der Waals surface area contributed by atoms with Crippen molar-refractivity contribution < 1.29 is 14.0 Å². The van der Waals surface area contributed by atoms with Gasteiger partial charge in [0.15, 0.2) is 6.39 Å². The number of hydrogen-bond acceptors (Lipinski definition) is 5. The number of nitrogens with zero attached hydrogens (tertiary/aromatic N) is 4. The predicted molar refractivity (Wildman–Crippen MR) is 90.1 cm³/mol. The minimum atomic E-state index is -0.208. The largest absolute Gasteiger partial charge is 0.448 e. The first kappa shape index (κ1) is 18.2. The summed E-state index contributed by atoms with van der Waals surface area (Å²) in [6.45, 7) is 9.93. The molecule has 7 nitrogen and oxygen atoms in total. The summed E-state index contributed by atoms with van der Waals surface area (Å²) in [7, 11) is 2.03. The van der Waals surface area contributed by atoms with Crippen LogP contribution in [0.4, 0.5) is 0 Å². The molecular weight excluding hydrogens is 308 g/mol. The summed E-state index contributed by atoms with van der Waals surface area (Å²) in [4.78, 5) is 33.9. The van der Waals surface area contributed by atoms with Crippen LogP contribution in [0.2, 0.25) is 0 Å². The van der Waals surface area contributed by atoms with E-state index in [0.29, 0.717) is 26.2 Å². The molecular formula is C17H26N4O3. The number of carbonyl (C=O) groups excluding carboxylic acids is 2. The van der Waals surface area contributed by atoms with Gasteiger partial charge in [-0.3, -0.25) is 14.5 Å². The Morgan fingerprint density at radius 3 is 2.88 bits per heavy atom. The molecule has 2 heterocycles. The van der Waals surface area contributed by atoms with Crippen molar-refractivity contribution in [3.63, 3.8) is 0 Å². The highest BCUT2D eigenvalue weighted by atomic mass is 16.3. The number of carbonyl (C=O) groups is 2. The summed E-state index contributed by atoms with van der Waals surface area (Å²) >= 11 is 0. The SMILES string of the molecule is C=CC(=O)N(CC)CC(=O)N1CCC(N(C)Cc2ncoc2C)C1. The Labute approximate surface area is 142 Å². The van der Waals surface area contributed by atoms with Gasteiger partial charge in [-0.2, -0.15) is 0 Å². The van der Waals surface area contributed by atoms with Crippen LogP contribution < -0.4 is 0 Å². The summed E-state index contributed by atoms with van der Waals surface area (Å²) < 4.78 is 5.23. The number of likely N-dealkylation sites (tertiary alicyclic amines) is 1. The highest BCUT2D eigenvalue weighted by Crippen LogP contribution is 2.18. The average molecular weight is 334 g/mol. The summed E-state index contributed by atoms with van der Waals surface area (Å²) in [6.07, 6.45) is 3.62. The Balaban J connectivity index is 1.87. The second kappa shape index (κ2) is 8.10. The lowest BCUT2D eigenvalue weighted by Crippen LogP contribution is -2.43. The highest BCUT2D eigenvalue weighted by molar-refractivity contribution is 5.90. The van der Waals surface area contributed by atoms with E-state index < -0.39 is 0 Å². The van der Waals surface area contributed by atoms with Gasteiger partial charge in [-0.25, -0.2) is 4.98 Å². The Bertz CT molecular complexity index is 598. The fraction of sp³-hybridized carbons (Fsp3) is 0.588. The van der Waals surface area contributed by atoms with Crippen molar-refractivity contribution in [1.29, 1.82) is 0 Å². The van der Waals surface area contributed by atoms with E-state index in [2.05, 4.69) is 16.5 Å². The molecule has 2 rings (SSSR count). The van der Waals surface area contributed by atoms with E-state index in [4.69, 9.17) is 4.42 Å². The number of amides is 2. The lowest BCUT2D eigenvalue weighted by molar-refractivity contribution is -0.137. The Morgan fingerprint density at radius 1 is 1.54 bits per heavy atom. The fourth-order valence-electron chi connectivity index (χ4n) is 2.91. The number of hydrogen-bond donors (Lipinski definition) is 0. The van der Waals surface area contributed by atoms with Gasteiger partial charge >= 0.3 is 0 Å². The molecule has 0 aromatic carbocycles. The molecule has 24 heavy (non-hydrogen) atoms. The van der Waals surface area contributed by atoms with Crippen molar-refractivity contribution in [3.8, 4) is 0 Å². The Hall–Kier alpha value is -2.15. The third-order valence-corrected chi connectivity index (χ3v) is 4.58. The zero-order valence-electron chi connectivity index (χ0n) is 14.7. The van der Waals surface area contributed by atoms with Crippen molar-refractivity contribution in [3.05, 3.63) is 30.5 Å². The van der Waals surface area contributed by atoms with Crippen LogP contribution in [0.25, 0.3) is 0 Å². The van der Waals surface area contributed by atoms with E-state index in [-0.39, 0.29) is 24.4 Å². The molecule has 0 spiro atoms. The van der Waals surface area contributed by atoms with Gasteiger partial charge in [-0.05, 0) is 33.4 Å². The van der Waals surface area contributed by atoms with Gasteiger partial charge in [-0.1, -0.05) is 6.58 Å². The molecule has 2 amide bonds. The molecule has 0 aliphatic carbocycles. The summed E-state index contributed by atoms with van der Waals surface area (Å²) in [6, 6.07) is 0.287. The second-order valence-electron chi connectivity index (χ2n) is 6.11. The van der Waals surface area contributed by atoms with Gasteiger partial charge in [0, 0.05) is 32.2 Å². The first-order valence-electron chi connectivity index (χ1n) is 8.24. The normalized spacial score (nSPS) is 17.3. The number of rotatable bonds is 7. The molecule has 0 saturated carbocycles. The van der Waals surface area contributed by atoms with Crippen molar-refractivity contribution >= 4 is 11.8 Å². The lowest BCUT2D eigenvalue weighted by atomic mass is 10.2. The maximum atomic E-state index is 12.4. The number of oxazole rings is 1. The van der Waals surface area contributed by atoms with E-state index in [0.717, 1.165) is 17.9 Å². The van der Waals surface area contributed by atoms with E-state index in [1.807, 2.05) is 25.8 Å². The van der Waals surface area contributed by atoms with Crippen molar-refractivity contribution in [2.75, 3.05) is 33.2 Å². The Morgan fingerprint density at radius 2 is 2.29 bits per heavy atom. The van der Waals surface area contributed by atoms with Gasteiger partial charge < -0.3 is 14.2 Å². The zero-order valence-corrected chi connectivity index (χ0v) is 14.7. The van der Waals surface area contributed by atoms with Crippen molar-refractivity contribution in [1.82, 2.24) is 19.7 Å². The monoisotopic (exact) mass is 334 g/mol. The van der Waals surface area contributed by atoms with Crippen LogP contribution in [0.15, 0.2) is 23.5 Å². The van der Waals surface area contributed by atoms with Gasteiger partial charge in [0.25, 0.3) is 0 Å². The van der Waals surface area contributed by atoms with Gasteiger partial charge in [0.05, 0.1) is 12.2 Å². The van der Waals surface area contributed by atoms with E-state index in [1.165, 1.54) is 17.4 Å². The van der Waals surface area contributed by atoms with Gasteiger partial charge in [0.1, 0.15) is 5.76 Å². The molecule has 1 unspecified atom stereocenters. The summed E-state index contributed by atoms with van der Waals surface area (Å²) in [5.41, 5.74) is 0.927. The van der Waals surface area contributed by atoms with E-state index in [9.17, 15) is 9.59 Å². The quantitative estimate of drug-likeness (QED) is 0.697. The smallest absolute Gasteiger partial charge is 0.246 e.